The Morgan fingerprint density at radius 3 is 2.65 bits per heavy atom. The Balaban J connectivity index is 2.14. The summed E-state index contributed by atoms with van der Waals surface area (Å²) in [4.78, 5) is 0. The highest BCUT2D eigenvalue weighted by atomic mass is 15.0. The maximum atomic E-state index is 2.24. The van der Waals surface area contributed by atoms with Gasteiger partial charge in [-0.1, -0.05) is 24.3 Å². The lowest BCUT2D eigenvalue weighted by Gasteiger charge is -2.05. The Labute approximate surface area is 117 Å². The smallest absolute Gasteiger partial charge is 0.237 e. The first kappa shape index (κ1) is 11.2. The lowest BCUT2D eigenvalue weighted by molar-refractivity contribution is -0.659. The van der Waals surface area contributed by atoms with E-state index < -0.39 is 0 Å². The molecule has 2 nitrogen and oxygen atoms in total. The minimum Gasteiger partial charge on any atom is -0.311 e. The Morgan fingerprint density at radius 2 is 1.70 bits per heavy atom. The molecule has 3 heterocycles. The summed E-state index contributed by atoms with van der Waals surface area (Å²) >= 11 is 0. The van der Waals surface area contributed by atoms with Crippen LogP contribution in [0.2, 0.25) is 0 Å². The van der Waals surface area contributed by atoms with Crippen molar-refractivity contribution in [3.8, 4) is 11.4 Å². The van der Waals surface area contributed by atoms with Gasteiger partial charge in [-0.2, -0.15) is 4.57 Å². The van der Waals surface area contributed by atoms with E-state index in [9.17, 15) is 0 Å². The Kier molecular flexibility index (Phi) is 2.36. The molecule has 0 amide bonds. The topological polar surface area (TPSA) is 8.29 Å². The van der Waals surface area contributed by atoms with Crippen LogP contribution in [-0.2, 0) is 7.05 Å². The van der Waals surface area contributed by atoms with Gasteiger partial charge in [0.2, 0.25) is 5.69 Å². The number of hydrogen-bond donors (Lipinski definition) is 0. The van der Waals surface area contributed by atoms with E-state index in [1.165, 1.54) is 27.7 Å². The van der Waals surface area contributed by atoms with Crippen molar-refractivity contribution >= 4 is 16.3 Å². The molecule has 96 valence electrons. The number of fused-ring (bicyclic) bond motifs is 2. The first-order valence-corrected chi connectivity index (χ1v) is 6.78. The van der Waals surface area contributed by atoms with Crippen molar-refractivity contribution in [1.82, 2.24) is 4.40 Å². The molecule has 0 fully saturated rings. The maximum Gasteiger partial charge on any atom is 0.237 e. The zero-order valence-electron chi connectivity index (χ0n) is 11.3. The van der Waals surface area contributed by atoms with E-state index in [-0.39, 0.29) is 0 Å². The van der Waals surface area contributed by atoms with E-state index in [0.717, 1.165) is 0 Å². The van der Waals surface area contributed by atoms with E-state index in [2.05, 4.69) is 89.1 Å². The van der Waals surface area contributed by atoms with E-state index in [1.54, 1.807) is 0 Å². The van der Waals surface area contributed by atoms with Crippen LogP contribution in [0.4, 0.5) is 0 Å². The van der Waals surface area contributed by atoms with Gasteiger partial charge in [0.1, 0.15) is 12.7 Å². The van der Waals surface area contributed by atoms with Gasteiger partial charge in [-0.25, -0.2) is 0 Å². The molecule has 0 spiro atoms. The SMILES string of the molecule is C[n+]1ccc2ccccc2c1-c1ccc2ccccn12. The predicted octanol–water partition coefficient (Wildman–Crippen LogP) is 3.58. The summed E-state index contributed by atoms with van der Waals surface area (Å²) in [6.07, 6.45) is 4.24. The molecule has 0 radical (unpaired) electrons. The van der Waals surface area contributed by atoms with Crippen LogP contribution in [0, 0.1) is 0 Å². The average Bonchev–Trinajstić information content (AvgIpc) is 2.91. The summed E-state index contributed by atoms with van der Waals surface area (Å²) in [5, 5.41) is 2.55. The van der Waals surface area contributed by atoms with Gasteiger partial charge < -0.3 is 4.40 Å². The molecule has 0 aliphatic rings. The number of aromatic nitrogens is 2. The first-order valence-electron chi connectivity index (χ1n) is 6.78. The molecule has 20 heavy (non-hydrogen) atoms. The number of rotatable bonds is 1. The highest BCUT2D eigenvalue weighted by Crippen LogP contribution is 2.26. The highest BCUT2D eigenvalue weighted by molar-refractivity contribution is 5.92. The third-order valence-electron chi connectivity index (χ3n) is 3.85. The fourth-order valence-corrected chi connectivity index (χ4v) is 2.88. The molecule has 0 aliphatic carbocycles. The van der Waals surface area contributed by atoms with Crippen molar-refractivity contribution in [3.05, 3.63) is 73.1 Å². The van der Waals surface area contributed by atoms with Gasteiger partial charge in [-0.05, 0) is 35.7 Å². The Hall–Kier alpha value is -2.61. The van der Waals surface area contributed by atoms with Crippen molar-refractivity contribution in [2.24, 2.45) is 7.05 Å². The zero-order chi connectivity index (χ0) is 13.5. The summed E-state index contributed by atoms with van der Waals surface area (Å²) in [6.45, 7) is 0. The second-order valence-corrected chi connectivity index (χ2v) is 5.08. The number of pyridine rings is 2. The molecule has 4 rings (SSSR count). The van der Waals surface area contributed by atoms with Crippen molar-refractivity contribution in [2.75, 3.05) is 0 Å². The minimum atomic E-state index is 1.22. The van der Waals surface area contributed by atoms with Gasteiger partial charge in [0.05, 0.1) is 5.39 Å². The third-order valence-corrected chi connectivity index (χ3v) is 3.85. The minimum absolute atomic E-state index is 1.22. The fraction of sp³-hybridized carbons (Fsp3) is 0.0556. The van der Waals surface area contributed by atoms with Crippen molar-refractivity contribution in [2.45, 2.75) is 0 Å². The van der Waals surface area contributed by atoms with Crippen LogP contribution in [-0.4, -0.2) is 4.40 Å². The van der Waals surface area contributed by atoms with Crippen LogP contribution in [0.15, 0.2) is 73.1 Å². The normalized spacial score (nSPS) is 11.2. The summed E-state index contributed by atoms with van der Waals surface area (Å²) in [6, 6.07) is 21.3. The fourth-order valence-electron chi connectivity index (χ4n) is 2.88. The van der Waals surface area contributed by atoms with Gasteiger partial charge in [0, 0.05) is 17.8 Å². The molecule has 4 aromatic rings. The first-order chi connectivity index (χ1) is 9.84. The monoisotopic (exact) mass is 259 g/mol. The van der Waals surface area contributed by atoms with Crippen LogP contribution >= 0.6 is 0 Å². The Bertz CT molecular complexity index is 919. The van der Waals surface area contributed by atoms with Crippen LogP contribution in [0.1, 0.15) is 0 Å². The predicted molar refractivity (Wildman–Crippen MR) is 81.5 cm³/mol. The molecule has 0 atom stereocenters. The lowest BCUT2D eigenvalue weighted by atomic mass is 10.1. The quantitative estimate of drug-likeness (QED) is 0.462. The summed E-state index contributed by atoms with van der Waals surface area (Å²) < 4.78 is 4.43. The van der Waals surface area contributed by atoms with E-state index >= 15 is 0 Å². The number of aryl methyl sites for hydroxylation is 1. The molecule has 0 aliphatic heterocycles. The molecule has 0 saturated carbocycles. The largest absolute Gasteiger partial charge is 0.311 e. The summed E-state index contributed by atoms with van der Waals surface area (Å²) in [7, 11) is 2.10. The zero-order valence-corrected chi connectivity index (χ0v) is 11.3. The van der Waals surface area contributed by atoms with Crippen LogP contribution in [0.5, 0.6) is 0 Å². The Morgan fingerprint density at radius 1 is 0.850 bits per heavy atom. The standard InChI is InChI=1S/C18H15N2/c1-19-13-11-14-6-2-3-8-16(14)18(19)17-10-9-15-7-4-5-12-20(15)17/h2-13H,1H3/q+1. The summed E-state index contributed by atoms with van der Waals surface area (Å²) in [5.41, 5.74) is 3.68. The molecule has 0 N–H and O–H groups in total. The molecule has 3 aromatic heterocycles. The number of nitrogens with zero attached hydrogens (tertiary/aromatic N) is 2. The number of benzene rings is 1. The maximum absolute atomic E-state index is 2.24. The molecule has 0 saturated heterocycles. The van der Waals surface area contributed by atoms with E-state index in [1.807, 2.05) is 0 Å². The highest BCUT2D eigenvalue weighted by Gasteiger charge is 2.17. The lowest BCUT2D eigenvalue weighted by Crippen LogP contribution is -2.30. The molecular weight excluding hydrogens is 244 g/mol. The van der Waals surface area contributed by atoms with Gasteiger partial charge in [-0.3, -0.25) is 0 Å². The van der Waals surface area contributed by atoms with Crippen molar-refractivity contribution in [1.29, 1.82) is 0 Å². The average molecular weight is 259 g/mol. The molecule has 1 aromatic carbocycles. The van der Waals surface area contributed by atoms with Gasteiger partial charge >= 0.3 is 0 Å². The van der Waals surface area contributed by atoms with Crippen LogP contribution < -0.4 is 4.57 Å². The molecule has 2 heteroatoms. The van der Waals surface area contributed by atoms with Crippen molar-refractivity contribution < 1.29 is 4.57 Å². The van der Waals surface area contributed by atoms with E-state index in [4.69, 9.17) is 0 Å². The second kappa shape index (κ2) is 4.20. The van der Waals surface area contributed by atoms with Crippen molar-refractivity contribution in [3.63, 3.8) is 0 Å². The van der Waals surface area contributed by atoms with Crippen LogP contribution in [0.25, 0.3) is 27.7 Å². The van der Waals surface area contributed by atoms with Gasteiger partial charge in [-0.15, -0.1) is 0 Å². The second-order valence-electron chi connectivity index (χ2n) is 5.08. The van der Waals surface area contributed by atoms with Gasteiger partial charge in [0.15, 0.2) is 6.20 Å². The van der Waals surface area contributed by atoms with Crippen LogP contribution in [0.3, 0.4) is 0 Å². The number of hydrogen-bond acceptors (Lipinski definition) is 0. The molecular formula is C18H15N2+. The van der Waals surface area contributed by atoms with E-state index in [0.29, 0.717) is 0 Å². The summed E-state index contributed by atoms with van der Waals surface area (Å²) in [5.74, 6) is 0. The van der Waals surface area contributed by atoms with Gasteiger partial charge in [0.25, 0.3) is 0 Å². The third kappa shape index (κ3) is 1.55. The molecule has 0 bridgehead atoms. The molecule has 0 unspecified atom stereocenters.